The van der Waals surface area contributed by atoms with E-state index in [-0.39, 0.29) is 5.63 Å². The van der Waals surface area contributed by atoms with Gasteiger partial charge in [-0.25, -0.2) is 9.48 Å². The number of fused-ring (bicyclic) bond motifs is 1. The monoisotopic (exact) mass is 384 g/mol. The third kappa shape index (κ3) is 3.30. The fraction of sp³-hybridized carbons (Fsp3) is 0.222. The molecule has 0 N–H and O–H groups in total. The molecule has 0 bridgehead atoms. The zero-order valence-electron chi connectivity index (χ0n) is 14.3. The van der Waals surface area contributed by atoms with Crippen LogP contribution in [0.25, 0.3) is 11.0 Å². The number of hydrogen-bond donors (Lipinski definition) is 0. The number of rotatable bonds is 5. The first kappa shape index (κ1) is 17.0. The maximum atomic E-state index is 12.0. The summed E-state index contributed by atoms with van der Waals surface area (Å²) in [5.74, 6) is 0.593. The van der Waals surface area contributed by atoms with Crippen molar-refractivity contribution >= 4 is 34.1 Å². The van der Waals surface area contributed by atoms with E-state index in [4.69, 9.17) is 4.42 Å². The topological polar surface area (TPSA) is 73.8 Å². The van der Waals surface area contributed by atoms with Gasteiger partial charge in [-0.1, -0.05) is 30.0 Å². The van der Waals surface area contributed by atoms with Gasteiger partial charge in [-0.05, 0) is 52.4 Å². The van der Waals surface area contributed by atoms with Crippen molar-refractivity contribution in [1.29, 1.82) is 0 Å². The SMILES string of the molecule is Cc1ccc2c(CSc3nnnn3Cc3cccs3)cc(=O)oc2c1C. The lowest BCUT2D eigenvalue weighted by molar-refractivity contribution is 0.557. The van der Waals surface area contributed by atoms with Crippen LogP contribution in [0.3, 0.4) is 0 Å². The second-order valence-electron chi connectivity index (χ2n) is 5.96. The third-order valence-electron chi connectivity index (χ3n) is 4.26. The van der Waals surface area contributed by atoms with E-state index >= 15 is 0 Å². The minimum atomic E-state index is -0.333. The Morgan fingerprint density at radius 3 is 2.96 bits per heavy atom. The fourth-order valence-electron chi connectivity index (χ4n) is 2.74. The quantitative estimate of drug-likeness (QED) is 0.385. The maximum absolute atomic E-state index is 12.0. The van der Waals surface area contributed by atoms with Crippen LogP contribution in [-0.2, 0) is 12.3 Å². The van der Waals surface area contributed by atoms with Gasteiger partial charge in [0.2, 0.25) is 5.16 Å². The first-order valence-corrected chi connectivity index (χ1v) is 9.92. The van der Waals surface area contributed by atoms with E-state index in [9.17, 15) is 4.79 Å². The predicted octanol–water partition coefficient (Wildman–Crippen LogP) is 3.80. The zero-order valence-corrected chi connectivity index (χ0v) is 15.9. The lowest BCUT2D eigenvalue weighted by atomic mass is 10.0. The van der Waals surface area contributed by atoms with Crippen LogP contribution in [0.2, 0.25) is 0 Å². The third-order valence-corrected chi connectivity index (χ3v) is 6.13. The smallest absolute Gasteiger partial charge is 0.336 e. The molecule has 26 heavy (non-hydrogen) atoms. The van der Waals surface area contributed by atoms with Crippen LogP contribution in [0.5, 0.6) is 0 Å². The molecular weight excluding hydrogens is 368 g/mol. The standard InChI is InChI=1S/C18H16N4O2S2/c1-11-5-6-15-13(8-16(23)24-17(15)12(11)2)10-26-18-19-20-21-22(18)9-14-4-3-7-25-14/h3-8H,9-10H2,1-2H3. The van der Waals surface area contributed by atoms with Crippen molar-refractivity contribution in [3.8, 4) is 0 Å². The number of thioether (sulfide) groups is 1. The largest absolute Gasteiger partial charge is 0.422 e. The van der Waals surface area contributed by atoms with E-state index in [1.54, 1.807) is 22.1 Å². The van der Waals surface area contributed by atoms with Crippen LogP contribution in [0, 0.1) is 13.8 Å². The van der Waals surface area contributed by atoms with Crippen molar-refractivity contribution in [2.75, 3.05) is 0 Å². The first-order chi connectivity index (χ1) is 12.6. The van der Waals surface area contributed by atoms with E-state index < -0.39 is 0 Å². The average Bonchev–Trinajstić information content (AvgIpc) is 3.29. The van der Waals surface area contributed by atoms with Crippen LogP contribution in [-0.4, -0.2) is 20.2 Å². The molecule has 132 valence electrons. The Balaban J connectivity index is 1.62. The number of tetrazole rings is 1. The Labute approximate surface area is 157 Å². The molecule has 4 aromatic rings. The molecule has 0 aliphatic carbocycles. The molecule has 0 saturated heterocycles. The molecule has 0 spiro atoms. The Bertz CT molecular complexity index is 1120. The molecule has 3 heterocycles. The van der Waals surface area contributed by atoms with Gasteiger partial charge in [0.25, 0.3) is 0 Å². The lowest BCUT2D eigenvalue weighted by Gasteiger charge is -2.08. The van der Waals surface area contributed by atoms with Gasteiger partial charge in [0.15, 0.2) is 0 Å². The molecule has 0 aliphatic heterocycles. The summed E-state index contributed by atoms with van der Waals surface area (Å²) in [5.41, 5.74) is 3.35. The average molecular weight is 384 g/mol. The van der Waals surface area contributed by atoms with Crippen LogP contribution in [0.15, 0.2) is 50.1 Å². The van der Waals surface area contributed by atoms with Gasteiger partial charge in [-0.3, -0.25) is 0 Å². The number of aromatic nitrogens is 4. The molecule has 0 atom stereocenters. The number of nitrogens with zero attached hydrogens (tertiary/aromatic N) is 4. The lowest BCUT2D eigenvalue weighted by Crippen LogP contribution is -2.04. The number of thiophene rings is 1. The Hall–Kier alpha value is -2.45. The zero-order chi connectivity index (χ0) is 18.1. The van der Waals surface area contributed by atoms with Crippen molar-refractivity contribution in [2.24, 2.45) is 0 Å². The van der Waals surface area contributed by atoms with Crippen molar-refractivity contribution < 1.29 is 4.42 Å². The van der Waals surface area contributed by atoms with Gasteiger partial charge in [0.1, 0.15) is 5.58 Å². The van der Waals surface area contributed by atoms with Gasteiger partial charge in [0.05, 0.1) is 6.54 Å². The second kappa shape index (κ2) is 7.05. The fourth-order valence-corrected chi connectivity index (χ4v) is 4.29. The van der Waals surface area contributed by atoms with Gasteiger partial charge in [0, 0.05) is 22.1 Å². The van der Waals surface area contributed by atoms with Gasteiger partial charge in [-0.15, -0.1) is 16.4 Å². The van der Waals surface area contributed by atoms with Gasteiger partial charge >= 0.3 is 5.63 Å². The minimum absolute atomic E-state index is 0.333. The van der Waals surface area contributed by atoms with Crippen LogP contribution >= 0.6 is 23.1 Å². The molecule has 0 aliphatic rings. The molecule has 3 aromatic heterocycles. The van der Waals surface area contributed by atoms with Crippen molar-refractivity contribution in [1.82, 2.24) is 20.2 Å². The highest BCUT2D eigenvalue weighted by Gasteiger charge is 2.13. The van der Waals surface area contributed by atoms with E-state index in [1.807, 2.05) is 37.4 Å². The summed E-state index contributed by atoms with van der Waals surface area (Å²) in [6.07, 6.45) is 0. The maximum Gasteiger partial charge on any atom is 0.336 e. The molecule has 6 nitrogen and oxygen atoms in total. The Kier molecular flexibility index (Phi) is 4.60. The summed E-state index contributed by atoms with van der Waals surface area (Å²) in [5, 5.41) is 15.7. The molecule has 0 unspecified atom stereocenters. The minimum Gasteiger partial charge on any atom is -0.422 e. The molecule has 1 aromatic carbocycles. The number of hydrogen-bond acceptors (Lipinski definition) is 7. The number of benzene rings is 1. The Morgan fingerprint density at radius 2 is 2.15 bits per heavy atom. The summed E-state index contributed by atoms with van der Waals surface area (Å²) in [6, 6.07) is 9.67. The summed E-state index contributed by atoms with van der Waals surface area (Å²) < 4.78 is 7.21. The highest BCUT2D eigenvalue weighted by molar-refractivity contribution is 7.98. The van der Waals surface area contributed by atoms with Crippen molar-refractivity contribution in [3.05, 3.63) is 67.7 Å². The first-order valence-electron chi connectivity index (χ1n) is 8.06. The molecule has 0 amide bonds. The predicted molar refractivity (Wildman–Crippen MR) is 103 cm³/mol. The van der Waals surface area contributed by atoms with Crippen LogP contribution < -0.4 is 5.63 Å². The van der Waals surface area contributed by atoms with E-state index in [1.165, 1.54) is 16.6 Å². The van der Waals surface area contributed by atoms with E-state index in [2.05, 4.69) is 21.6 Å². The molecule has 0 saturated carbocycles. The Morgan fingerprint density at radius 1 is 1.27 bits per heavy atom. The van der Waals surface area contributed by atoms with Gasteiger partial charge in [-0.2, -0.15) is 0 Å². The second-order valence-corrected chi connectivity index (χ2v) is 7.94. The number of aryl methyl sites for hydroxylation is 2. The summed E-state index contributed by atoms with van der Waals surface area (Å²) in [4.78, 5) is 13.2. The molecule has 8 heteroatoms. The highest BCUT2D eigenvalue weighted by Crippen LogP contribution is 2.28. The molecule has 0 fully saturated rings. The summed E-state index contributed by atoms with van der Waals surface area (Å²) >= 11 is 3.18. The van der Waals surface area contributed by atoms with Crippen LogP contribution in [0.1, 0.15) is 21.6 Å². The molecule has 0 radical (unpaired) electrons. The normalized spacial score (nSPS) is 11.3. The molecule has 4 rings (SSSR count). The molecular formula is C18H16N4O2S2. The highest BCUT2D eigenvalue weighted by atomic mass is 32.2. The van der Waals surface area contributed by atoms with E-state index in [0.29, 0.717) is 17.9 Å². The van der Waals surface area contributed by atoms with Crippen molar-refractivity contribution in [3.63, 3.8) is 0 Å². The van der Waals surface area contributed by atoms with E-state index in [0.717, 1.165) is 27.2 Å². The summed E-state index contributed by atoms with van der Waals surface area (Å²) in [7, 11) is 0. The van der Waals surface area contributed by atoms with Crippen molar-refractivity contribution in [2.45, 2.75) is 31.3 Å². The summed E-state index contributed by atoms with van der Waals surface area (Å²) in [6.45, 7) is 4.62. The van der Waals surface area contributed by atoms with Crippen LogP contribution in [0.4, 0.5) is 0 Å². The van der Waals surface area contributed by atoms with Gasteiger partial charge < -0.3 is 4.42 Å².